The van der Waals surface area contributed by atoms with Gasteiger partial charge in [-0.2, -0.15) is 0 Å². The van der Waals surface area contributed by atoms with Crippen molar-refractivity contribution in [3.63, 3.8) is 0 Å². The number of hydrogen-bond donors (Lipinski definition) is 1. The van der Waals surface area contributed by atoms with Gasteiger partial charge in [0.25, 0.3) is 0 Å². The molecule has 3 nitrogen and oxygen atoms in total. The van der Waals surface area contributed by atoms with Gasteiger partial charge in [-0.15, -0.1) is 0 Å². The van der Waals surface area contributed by atoms with Gasteiger partial charge in [0, 0.05) is 19.3 Å². The first-order chi connectivity index (χ1) is 8.18. The molecule has 3 heteroatoms. The first-order valence-corrected chi connectivity index (χ1v) is 6.49. The number of aliphatic hydroxyl groups is 1. The topological polar surface area (TPSA) is 36.4 Å². The Morgan fingerprint density at radius 3 is 2.71 bits per heavy atom. The number of pyridine rings is 1. The van der Waals surface area contributed by atoms with Gasteiger partial charge in [-0.05, 0) is 32.0 Å². The SMILES string of the molecule is CN(Cc1ccccn1)CC1(O)CCCCC1. The van der Waals surface area contributed by atoms with Crippen LogP contribution in [-0.4, -0.2) is 34.2 Å². The summed E-state index contributed by atoms with van der Waals surface area (Å²) < 4.78 is 0. The van der Waals surface area contributed by atoms with E-state index >= 15 is 0 Å². The van der Waals surface area contributed by atoms with Crippen LogP contribution < -0.4 is 0 Å². The van der Waals surface area contributed by atoms with Crippen LogP contribution in [0, 0.1) is 0 Å². The maximum atomic E-state index is 10.5. The van der Waals surface area contributed by atoms with E-state index in [1.807, 2.05) is 24.4 Å². The van der Waals surface area contributed by atoms with E-state index in [1.165, 1.54) is 6.42 Å². The van der Waals surface area contributed by atoms with Crippen LogP contribution in [-0.2, 0) is 6.54 Å². The molecule has 1 fully saturated rings. The third kappa shape index (κ3) is 3.79. The van der Waals surface area contributed by atoms with Gasteiger partial charge in [-0.1, -0.05) is 25.3 Å². The molecule has 0 radical (unpaired) electrons. The number of aromatic nitrogens is 1. The van der Waals surface area contributed by atoms with E-state index < -0.39 is 5.60 Å². The minimum absolute atomic E-state index is 0.470. The molecule has 0 unspecified atom stereocenters. The highest BCUT2D eigenvalue weighted by atomic mass is 16.3. The van der Waals surface area contributed by atoms with Crippen molar-refractivity contribution >= 4 is 0 Å². The van der Waals surface area contributed by atoms with Crippen LogP contribution in [0.5, 0.6) is 0 Å². The van der Waals surface area contributed by atoms with Crippen molar-refractivity contribution in [3.8, 4) is 0 Å². The molecule has 2 rings (SSSR count). The van der Waals surface area contributed by atoms with Crippen LogP contribution in [0.4, 0.5) is 0 Å². The van der Waals surface area contributed by atoms with E-state index in [4.69, 9.17) is 0 Å². The van der Waals surface area contributed by atoms with E-state index in [0.29, 0.717) is 0 Å². The lowest BCUT2D eigenvalue weighted by Crippen LogP contribution is -2.42. The first-order valence-electron chi connectivity index (χ1n) is 6.49. The third-order valence-corrected chi connectivity index (χ3v) is 3.51. The highest BCUT2D eigenvalue weighted by Gasteiger charge is 2.30. The molecule has 1 N–H and O–H groups in total. The minimum atomic E-state index is -0.470. The molecule has 0 amide bonds. The lowest BCUT2D eigenvalue weighted by atomic mass is 9.84. The molecular weight excluding hydrogens is 212 g/mol. The summed E-state index contributed by atoms with van der Waals surface area (Å²) in [5, 5.41) is 10.5. The highest BCUT2D eigenvalue weighted by Crippen LogP contribution is 2.28. The van der Waals surface area contributed by atoms with Crippen LogP contribution in [0.2, 0.25) is 0 Å². The van der Waals surface area contributed by atoms with Crippen LogP contribution in [0.3, 0.4) is 0 Å². The molecular formula is C14H22N2O. The molecule has 1 saturated carbocycles. The summed E-state index contributed by atoms with van der Waals surface area (Å²) in [4.78, 5) is 6.49. The van der Waals surface area contributed by atoms with Gasteiger partial charge in [0.05, 0.1) is 11.3 Å². The largest absolute Gasteiger partial charge is 0.389 e. The summed E-state index contributed by atoms with van der Waals surface area (Å²) in [5.74, 6) is 0. The number of hydrogen-bond acceptors (Lipinski definition) is 3. The van der Waals surface area contributed by atoms with Crippen molar-refractivity contribution in [2.75, 3.05) is 13.6 Å². The molecule has 1 aliphatic carbocycles. The second-order valence-electron chi connectivity index (χ2n) is 5.28. The molecule has 1 heterocycles. The quantitative estimate of drug-likeness (QED) is 0.867. The molecule has 0 spiro atoms. The summed E-state index contributed by atoms with van der Waals surface area (Å²) in [6.45, 7) is 1.56. The fourth-order valence-corrected chi connectivity index (χ4v) is 2.69. The van der Waals surface area contributed by atoms with Gasteiger partial charge in [0.15, 0.2) is 0 Å². The Bertz CT molecular complexity index is 333. The molecule has 94 valence electrons. The normalized spacial score (nSPS) is 19.5. The smallest absolute Gasteiger partial charge is 0.0774 e. The van der Waals surface area contributed by atoms with Gasteiger partial charge in [-0.3, -0.25) is 9.88 Å². The highest BCUT2D eigenvalue weighted by molar-refractivity contribution is 5.03. The number of likely N-dealkylation sites (N-methyl/N-ethyl adjacent to an activating group) is 1. The number of nitrogens with zero attached hydrogens (tertiary/aromatic N) is 2. The molecule has 0 aromatic carbocycles. The second-order valence-corrected chi connectivity index (χ2v) is 5.28. The third-order valence-electron chi connectivity index (χ3n) is 3.51. The van der Waals surface area contributed by atoms with Crippen molar-refractivity contribution in [1.82, 2.24) is 9.88 Å². The average Bonchev–Trinajstić information content (AvgIpc) is 2.30. The Hall–Kier alpha value is -0.930. The molecule has 1 aliphatic rings. The van der Waals surface area contributed by atoms with Crippen molar-refractivity contribution < 1.29 is 5.11 Å². The maximum Gasteiger partial charge on any atom is 0.0774 e. The van der Waals surface area contributed by atoms with Gasteiger partial charge in [-0.25, -0.2) is 0 Å². The fraction of sp³-hybridized carbons (Fsp3) is 0.643. The van der Waals surface area contributed by atoms with Crippen molar-refractivity contribution in [2.24, 2.45) is 0 Å². The van der Waals surface area contributed by atoms with Gasteiger partial charge in [0.2, 0.25) is 0 Å². The zero-order chi connectivity index (χ0) is 12.1. The molecule has 0 atom stereocenters. The lowest BCUT2D eigenvalue weighted by molar-refractivity contribution is -0.0225. The standard InChI is InChI=1S/C14H22N2O/c1-16(11-13-7-3-6-10-15-13)12-14(17)8-4-2-5-9-14/h3,6-7,10,17H,2,4-5,8-9,11-12H2,1H3. The summed E-state index contributed by atoms with van der Waals surface area (Å²) in [5.41, 5.74) is 0.594. The van der Waals surface area contributed by atoms with Gasteiger partial charge < -0.3 is 5.11 Å². The molecule has 17 heavy (non-hydrogen) atoms. The van der Waals surface area contributed by atoms with Crippen LogP contribution in [0.15, 0.2) is 24.4 Å². The van der Waals surface area contributed by atoms with E-state index in [0.717, 1.165) is 44.5 Å². The average molecular weight is 234 g/mol. The second kappa shape index (κ2) is 5.61. The zero-order valence-corrected chi connectivity index (χ0v) is 10.6. The summed E-state index contributed by atoms with van der Waals surface area (Å²) in [6.07, 6.45) is 7.30. The van der Waals surface area contributed by atoms with Crippen molar-refractivity contribution in [3.05, 3.63) is 30.1 Å². The maximum absolute atomic E-state index is 10.5. The van der Waals surface area contributed by atoms with Gasteiger partial charge in [0.1, 0.15) is 0 Å². The fourth-order valence-electron chi connectivity index (χ4n) is 2.69. The molecule has 0 saturated heterocycles. The van der Waals surface area contributed by atoms with Crippen molar-refractivity contribution in [1.29, 1.82) is 0 Å². The monoisotopic (exact) mass is 234 g/mol. The van der Waals surface area contributed by atoms with Crippen LogP contribution in [0.1, 0.15) is 37.8 Å². The van der Waals surface area contributed by atoms with Crippen LogP contribution >= 0.6 is 0 Å². The van der Waals surface area contributed by atoms with Crippen LogP contribution in [0.25, 0.3) is 0 Å². The molecule has 1 aromatic rings. The van der Waals surface area contributed by atoms with E-state index in [-0.39, 0.29) is 0 Å². The van der Waals surface area contributed by atoms with E-state index in [9.17, 15) is 5.11 Å². The Morgan fingerprint density at radius 2 is 2.06 bits per heavy atom. The zero-order valence-electron chi connectivity index (χ0n) is 10.6. The predicted octanol–water partition coefficient (Wildman–Crippen LogP) is 2.21. The molecule has 0 bridgehead atoms. The summed E-state index contributed by atoms with van der Waals surface area (Å²) in [7, 11) is 2.06. The minimum Gasteiger partial charge on any atom is -0.389 e. The van der Waals surface area contributed by atoms with Gasteiger partial charge >= 0.3 is 0 Å². The Balaban J connectivity index is 1.86. The van der Waals surface area contributed by atoms with E-state index in [2.05, 4.69) is 16.9 Å². The molecule has 1 aromatic heterocycles. The predicted molar refractivity (Wildman–Crippen MR) is 68.6 cm³/mol. The summed E-state index contributed by atoms with van der Waals surface area (Å²) in [6, 6.07) is 5.96. The molecule has 0 aliphatic heterocycles. The van der Waals surface area contributed by atoms with E-state index in [1.54, 1.807) is 0 Å². The Morgan fingerprint density at radius 1 is 1.29 bits per heavy atom. The Labute approximate surface area is 103 Å². The first kappa shape index (κ1) is 12.5. The number of rotatable bonds is 4. The van der Waals surface area contributed by atoms with Crippen molar-refractivity contribution in [2.45, 2.75) is 44.2 Å². The lowest BCUT2D eigenvalue weighted by Gasteiger charge is -2.35. The summed E-state index contributed by atoms with van der Waals surface area (Å²) >= 11 is 0. The Kier molecular flexibility index (Phi) is 4.13.